The van der Waals surface area contributed by atoms with Gasteiger partial charge in [0.15, 0.2) is 0 Å². The fourth-order valence-corrected chi connectivity index (χ4v) is 2.56. The first-order valence-corrected chi connectivity index (χ1v) is 6.17. The van der Waals surface area contributed by atoms with E-state index in [1.165, 1.54) is 19.3 Å². The zero-order valence-electron chi connectivity index (χ0n) is 9.82. The van der Waals surface area contributed by atoms with Crippen LogP contribution >= 0.6 is 0 Å². The largest absolute Gasteiger partial charge is 0.396 e. The average molecular weight is 223 g/mol. The van der Waals surface area contributed by atoms with Gasteiger partial charge in [0, 0.05) is 24.9 Å². The number of aromatic amines is 1. The van der Waals surface area contributed by atoms with Crippen LogP contribution in [0.15, 0.2) is 12.3 Å². The van der Waals surface area contributed by atoms with Gasteiger partial charge in [0.1, 0.15) is 0 Å². The summed E-state index contributed by atoms with van der Waals surface area (Å²) in [4.78, 5) is 0. The average Bonchev–Trinajstić information content (AvgIpc) is 2.83. The van der Waals surface area contributed by atoms with Crippen LogP contribution in [0.3, 0.4) is 0 Å². The number of nitrogens with zero attached hydrogens (tertiary/aromatic N) is 1. The molecule has 1 saturated carbocycles. The number of aliphatic hydroxyl groups excluding tert-OH is 1. The van der Waals surface area contributed by atoms with E-state index in [1.807, 2.05) is 6.07 Å². The van der Waals surface area contributed by atoms with Crippen LogP contribution in [0, 0.1) is 5.92 Å². The molecule has 0 bridgehead atoms. The van der Waals surface area contributed by atoms with Gasteiger partial charge in [-0.05, 0) is 31.7 Å². The molecule has 4 heteroatoms. The number of rotatable bonds is 4. The predicted octanol–water partition coefficient (Wildman–Crippen LogP) is 1.61. The topological polar surface area (TPSA) is 60.9 Å². The number of hydrogen-bond acceptors (Lipinski definition) is 3. The fourth-order valence-electron chi connectivity index (χ4n) is 2.56. The van der Waals surface area contributed by atoms with Crippen molar-refractivity contribution >= 4 is 0 Å². The molecule has 0 spiro atoms. The van der Waals surface area contributed by atoms with Crippen LogP contribution in [-0.2, 0) is 0 Å². The van der Waals surface area contributed by atoms with Crippen molar-refractivity contribution in [3.63, 3.8) is 0 Å². The molecule has 3 unspecified atom stereocenters. The van der Waals surface area contributed by atoms with Gasteiger partial charge in [-0.2, -0.15) is 5.10 Å². The van der Waals surface area contributed by atoms with Crippen molar-refractivity contribution in [2.75, 3.05) is 6.61 Å². The van der Waals surface area contributed by atoms with Gasteiger partial charge in [-0.15, -0.1) is 0 Å². The van der Waals surface area contributed by atoms with E-state index in [4.69, 9.17) is 0 Å². The molecule has 0 amide bonds. The summed E-state index contributed by atoms with van der Waals surface area (Å²) in [6.45, 7) is 2.43. The second kappa shape index (κ2) is 5.46. The first-order chi connectivity index (χ1) is 7.81. The molecule has 0 radical (unpaired) electrons. The highest BCUT2D eigenvalue weighted by molar-refractivity contribution is 5.03. The van der Waals surface area contributed by atoms with Gasteiger partial charge in [0.05, 0.1) is 5.69 Å². The summed E-state index contributed by atoms with van der Waals surface area (Å²) < 4.78 is 0. The Balaban J connectivity index is 1.92. The summed E-state index contributed by atoms with van der Waals surface area (Å²) in [6.07, 6.45) is 6.61. The Morgan fingerprint density at radius 2 is 2.38 bits per heavy atom. The third-order valence-corrected chi connectivity index (χ3v) is 3.60. The van der Waals surface area contributed by atoms with Gasteiger partial charge in [0.2, 0.25) is 0 Å². The quantitative estimate of drug-likeness (QED) is 0.726. The van der Waals surface area contributed by atoms with Crippen molar-refractivity contribution in [1.82, 2.24) is 15.5 Å². The van der Waals surface area contributed by atoms with Gasteiger partial charge in [0.25, 0.3) is 0 Å². The summed E-state index contributed by atoms with van der Waals surface area (Å²) in [5.41, 5.74) is 1.11. The van der Waals surface area contributed by atoms with Gasteiger partial charge in [-0.25, -0.2) is 0 Å². The van der Waals surface area contributed by atoms with Crippen molar-refractivity contribution < 1.29 is 5.11 Å². The molecule has 3 atom stereocenters. The molecule has 0 aromatic carbocycles. The van der Waals surface area contributed by atoms with Crippen LogP contribution in [0.4, 0.5) is 0 Å². The monoisotopic (exact) mass is 223 g/mol. The van der Waals surface area contributed by atoms with Crippen molar-refractivity contribution in [3.05, 3.63) is 18.0 Å². The van der Waals surface area contributed by atoms with E-state index in [-0.39, 0.29) is 6.04 Å². The van der Waals surface area contributed by atoms with Crippen LogP contribution in [0.2, 0.25) is 0 Å². The van der Waals surface area contributed by atoms with Crippen molar-refractivity contribution in [2.45, 2.75) is 44.7 Å². The lowest BCUT2D eigenvalue weighted by atomic mass is 9.84. The molecule has 1 aromatic rings. The molecular formula is C12H21N3O. The van der Waals surface area contributed by atoms with Crippen LogP contribution in [0.1, 0.15) is 44.3 Å². The minimum atomic E-state index is 0.277. The summed E-state index contributed by atoms with van der Waals surface area (Å²) in [6, 6.07) is 2.71. The van der Waals surface area contributed by atoms with E-state index in [0.29, 0.717) is 18.6 Å². The van der Waals surface area contributed by atoms with Crippen LogP contribution in [0.5, 0.6) is 0 Å². The van der Waals surface area contributed by atoms with E-state index in [1.54, 1.807) is 6.20 Å². The number of aliphatic hydroxyl groups is 1. The molecule has 1 heterocycles. The molecule has 2 rings (SSSR count). The highest BCUT2D eigenvalue weighted by atomic mass is 16.3. The Morgan fingerprint density at radius 1 is 1.56 bits per heavy atom. The van der Waals surface area contributed by atoms with E-state index in [9.17, 15) is 5.11 Å². The summed E-state index contributed by atoms with van der Waals surface area (Å²) in [7, 11) is 0. The molecule has 1 aliphatic carbocycles. The Labute approximate surface area is 96.5 Å². The Hall–Kier alpha value is -0.870. The van der Waals surface area contributed by atoms with Crippen LogP contribution < -0.4 is 5.32 Å². The maximum absolute atomic E-state index is 9.34. The maximum Gasteiger partial charge on any atom is 0.0518 e. The van der Waals surface area contributed by atoms with Crippen LogP contribution in [0.25, 0.3) is 0 Å². The Kier molecular flexibility index (Phi) is 3.96. The SMILES string of the molecule is CC(NC1CCCCC1CO)c1ccn[nH]1. The summed E-state index contributed by atoms with van der Waals surface area (Å²) in [5, 5.41) is 19.9. The fraction of sp³-hybridized carbons (Fsp3) is 0.750. The third-order valence-electron chi connectivity index (χ3n) is 3.60. The molecule has 1 aromatic heterocycles. The molecule has 1 aliphatic rings. The van der Waals surface area contributed by atoms with Gasteiger partial charge in [-0.1, -0.05) is 12.8 Å². The van der Waals surface area contributed by atoms with Gasteiger partial charge in [-0.3, -0.25) is 5.10 Å². The van der Waals surface area contributed by atoms with Gasteiger partial charge < -0.3 is 10.4 Å². The molecule has 1 fully saturated rings. The minimum absolute atomic E-state index is 0.277. The maximum atomic E-state index is 9.34. The molecule has 0 aliphatic heterocycles. The smallest absolute Gasteiger partial charge is 0.0518 e. The van der Waals surface area contributed by atoms with Gasteiger partial charge >= 0.3 is 0 Å². The Morgan fingerprint density at radius 3 is 3.06 bits per heavy atom. The molecule has 0 saturated heterocycles. The normalized spacial score (nSPS) is 27.9. The van der Waals surface area contributed by atoms with E-state index < -0.39 is 0 Å². The molecule has 3 N–H and O–H groups in total. The van der Waals surface area contributed by atoms with Crippen LogP contribution in [-0.4, -0.2) is 28.0 Å². The summed E-state index contributed by atoms with van der Waals surface area (Å²) in [5.74, 6) is 0.416. The first-order valence-electron chi connectivity index (χ1n) is 6.17. The lowest BCUT2D eigenvalue weighted by molar-refractivity contribution is 0.147. The highest BCUT2D eigenvalue weighted by Gasteiger charge is 2.25. The number of H-pyrrole nitrogens is 1. The lowest BCUT2D eigenvalue weighted by Gasteiger charge is -2.33. The highest BCUT2D eigenvalue weighted by Crippen LogP contribution is 2.25. The van der Waals surface area contributed by atoms with E-state index in [2.05, 4.69) is 22.4 Å². The number of aromatic nitrogens is 2. The summed E-state index contributed by atoms with van der Waals surface area (Å²) >= 11 is 0. The predicted molar refractivity (Wildman–Crippen MR) is 63.0 cm³/mol. The lowest BCUT2D eigenvalue weighted by Crippen LogP contribution is -2.41. The van der Waals surface area contributed by atoms with Crippen molar-refractivity contribution in [3.8, 4) is 0 Å². The molecular weight excluding hydrogens is 202 g/mol. The van der Waals surface area contributed by atoms with E-state index in [0.717, 1.165) is 12.1 Å². The molecule has 90 valence electrons. The van der Waals surface area contributed by atoms with Crippen molar-refractivity contribution in [1.29, 1.82) is 0 Å². The van der Waals surface area contributed by atoms with Crippen molar-refractivity contribution in [2.24, 2.45) is 5.92 Å². The molecule has 4 nitrogen and oxygen atoms in total. The Bertz CT molecular complexity index is 299. The van der Waals surface area contributed by atoms with E-state index >= 15 is 0 Å². The zero-order chi connectivity index (χ0) is 11.4. The zero-order valence-corrected chi connectivity index (χ0v) is 9.82. The second-order valence-corrected chi connectivity index (χ2v) is 4.73. The number of nitrogens with one attached hydrogen (secondary N) is 2. The molecule has 16 heavy (non-hydrogen) atoms. The standard InChI is InChI=1S/C12H21N3O/c1-9(11-6-7-13-15-11)14-12-5-3-2-4-10(12)8-16/h6-7,9-10,12,14,16H,2-5,8H2,1H3,(H,13,15). The first kappa shape index (κ1) is 11.6. The minimum Gasteiger partial charge on any atom is -0.396 e. The number of hydrogen-bond donors (Lipinski definition) is 3. The second-order valence-electron chi connectivity index (χ2n) is 4.73. The third kappa shape index (κ3) is 2.62.